The van der Waals surface area contributed by atoms with Crippen molar-refractivity contribution >= 4 is 5.97 Å². The molecule has 4 saturated carbocycles. The molecule has 4 aliphatic rings. The Hall–Kier alpha value is -0.690. The van der Waals surface area contributed by atoms with Crippen LogP contribution in [0.25, 0.3) is 0 Å². The molecular formula is C29H50O6. The molecule has 0 aromatic heterocycles. The first kappa shape index (κ1) is 27.3. The van der Waals surface area contributed by atoms with E-state index < -0.39 is 0 Å². The average molecular weight is 495 g/mol. The van der Waals surface area contributed by atoms with Gasteiger partial charge < -0.3 is 24.8 Å². The SMILES string of the molecule is CCCOCCOC(=O)CC[C@@H](C)[C@H]1CC[C@H]2[C@@H]3[C@H](O)C[C@@H]4C[C@H](O)CC[C@]4(C)[C@H]3C[C@H](O)[C@]12C. The van der Waals surface area contributed by atoms with E-state index >= 15 is 0 Å². The van der Waals surface area contributed by atoms with Gasteiger partial charge in [-0.1, -0.05) is 27.7 Å². The molecule has 4 rings (SSSR count). The molecule has 3 N–H and O–H groups in total. The Morgan fingerprint density at radius 1 is 1.00 bits per heavy atom. The highest BCUT2D eigenvalue weighted by Crippen LogP contribution is 2.68. The molecule has 0 aromatic carbocycles. The zero-order valence-electron chi connectivity index (χ0n) is 22.5. The summed E-state index contributed by atoms with van der Waals surface area (Å²) in [6.45, 7) is 10.4. The Labute approximate surface area is 212 Å². The van der Waals surface area contributed by atoms with Crippen LogP contribution in [0.3, 0.4) is 0 Å². The minimum Gasteiger partial charge on any atom is -0.463 e. The minimum absolute atomic E-state index is 0.0970. The minimum atomic E-state index is -0.388. The summed E-state index contributed by atoms with van der Waals surface area (Å²) in [6.07, 6.45) is 7.39. The van der Waals surface area contributed by atoms with Crippen LogP contribution in [0.4, 0.5) is 0 Å². The van der Waals surface area contributed by atoms with Gasteiger partial charge in [-0.15, -0.1) is 0 Å². The number of fused-ring (bicyclic) bond motifs is 5. The van der Waals surface area contributed by atoms with Crippen molar-refractivity contribution in [1.82, 2.24) is 0 Å². The Kier molecular flexibility index (Phi) is 8.57. The number of rotatable bonds is 9. The fourth-order valence-corrected chi connectivity index (χ4v) is 9.21. The Morgan fingerprint density at radius 3 is 2.51 bits per heavy atom. The molecule has 35 heavy (non-hydrogen) atoms. The molecule has 11 atom stereocenters. The molecule has 0 heterocycles. The summed E-state index contributed by atoms with van der Waals surface area (Å²) < 4.78 is 10.7. The second-order valence-electron chi connectivity index (χ2n) is 12.9. The van der Waals surface area contributed by atoms with E-state index in [1.165, 1.54) is 0 Å². The van der Waals surface area contributed by atoms with Crippen molar-refractivity contribution in [2.24, 2.45) is 46.3 Å². The monoisotopic (exact) mass is 494 g/mol. The summed E-state index contributed by atoms with van der Waals surface area (Å²) in [6, 6.07) is 0. The first-order chi connectivity index (χ1) is 16.6. The van der Waals surface area contributed by atoms with E-state index in [-0.39, 0.29) is 41.0 Å². The fourth-order valence-electron chi connectivity index (χ4n) is 9.21. The molecule has 0 unspecified atom stereocenters. The molecule has 202 valence electrons. The van der Waals surface area contributed by atoms with Gasteiger partial charge in [-0.3, -0.25) is 4.79 Å². The second-order valence-corrected chi connectivity index (χ2v) is 12.9. The van der Waals surface area contributed by atoms with Crippen molar-refractivity contribution in [3.63, 3.8) is 0 Å². The quantitative estimate of drug-likeness (QED) is 0.326. The van der Waals surface area contributed by atoms with Gasteiger partial charge >= 0.3 is 5.97 Å². The van der Waals surface area contributed by atoms with E-state index in [0.717, 1.165) is 57.8 Å². The van der Waals surface area contributed by atoms with Gasteiger partial charge in [0.05, 0.1) is 24.9 Å². The van der Waals surface area contributed by atoms with Gasteiger partial charge in [0.15, 0.2) is 0 Å². The van der Waals surface area contributed by atoms with Gasteiger partial charge in [-0.2, -0.15) is 0 Å². The van der Waals surface area contributed by atoms with E-state index in [9.17, 15) is 20.1 Å². The number of ether oxygens (including phenoxy) is 2. The van der Waals surface area contributed by atoms with Crippen LogP contribution >= 0.6 is 0 Å². The lowest BCUT2D eigenvalue weighted by molar-refractivity contribution is -0.207. The molecule has 4 aliphatic carbocycles. The topological polar surface area (TPSA) is 96.2 Å². The van der Waals surface area contributed by atoms with E-state index in [4.69, 9.17) is 9.47 Å². The standard InChI is InChI=1S/C29H50O6/c1-5-12-34-13-14-35-26(33)9-6-18(2)21-7-8-22-27-23(17-25(32)29(21,22)4)28(3)11-10-20(30)15-19(28)16-24(27)31/h18-25,27,30-32H,5-17H2,1-4H3/t18-,19+,20-,21-,22+,23+,24-,25+,27+,28+,29-/m1/s1. The summed E-state index contributed by atoms with van der Waals surface area (Å²) >= 11 is 0. The van der Waals surface area contributed by atoms with E-state index in [1.807, 2.05) is 0 Å². The van der Waals surface area contributed by atoms with Crippen molar-refractivity contribution in [2.75, 3.05) is 19.8 Å². The fraction of sp³-hybridized carbons (Fsp3) is 0.966. The number of esters is 1. The van der Waals surface area contributed by atoms with Crippen LogP contribution in [-0.2, 0) is 14.3 Å². The molecule has 0 aromatic rings. The van der Waals surface area contributed by atoms with Gasteiger partial charge in [0.1, 0.15) is 6.61 Å². The lowest BCUT2D eigenvalue weighted by Gasteiger charge is -2.63. The first-order valence-corrected chi connectivity index (χ1v) is 14.4. The lowest BCUT2D eigenvalue weighted by Crippen LogP contribution is -2.62. The number of hydrogen-bond acceptors (Lipinski definition) is 6. The summed E-state index contributed by atoms with van der Waals surface area (Å²) in [7, 11) is 0. The highest BCUT2D eigenvalue weighted by atomic mass is 16.6. The highest BCUT2D eigenvalue weighted by Gasteiger charge is 2.65. The summed E-state index contributed by atoms with van der Waals surface area (Å²) in [5.74, 6) is 1.69. The predicted molar refractivity (Wildman–Crippen MR) is 134 cm³/mol. The smallest absolute Gasteiger partial charge is 0.305 e. The Balaban J connectivity index is 1.40. The number of aliphatic hydroxyl groups excluding tert-OH is 3. The Morgan fingerprint density at radius 2 is 1.77 bits per heavy atom. The molecule has 0 saturated heterocycles. The molecule has 0 aliphatic heterocycles. The molecule has 6 nitrogen and oxygen atoms in total. The molecule has 0 radical (unpaired) electrons. The maximum Gasteiger partial charge on any atom is 0.305 e. The van der Waals surface area contributed by atoms with E-state index in [0.29, 0.717) is 55.8 Å². The van der Waals surface area contributed by atoms with Crippen LogP contribution < -0.4 is 0 Å². The maximum absolute atomic E-state index is 12.3. The highest BCUT2D eigenvalue weighted by molar-refractivity contribution is 5.69. The van der Waals surface area contributed by atoms with E-state index in [2.05, 4.69) is 27.7 Å². The molecule has 0 bridgehead atoms. The van der Waals surface area contributed by atoms with Crippen LogP contribution in [0.1, 0.15) is 91.9 Å². The van der Waals surface area contributed by atoms with Crippen molar-refractivity contribution < 1.29 is 29.6 Å². The molecule has 0 amide bonds. The summed E-state index contributed by atoms with van der Waals surface area (Å²) in [4.78, 5) is 12.3. The second kappa shape index (κ2) is 11.0. The van der Waals surface area contributed by atoms with Gasteiger partial charge in [-0.05, 0) is 104 Å². The van der Waals surface area contributed by atoms with Crippen LogP contribution in [0, 0.1) is 46.3 Å². The molecule has 6 heteroatoms. The summed E-state index contributed by atoms with van der Waals surface area (Å²) in [5, 5.41) is 33.3. The third-order valence-electron chi connectivity index (χ3n) is 11.2. The van der Waals surface area contributed by atoms with Crippen molar-refractivity contribution in [3.05, 3.63) is 0 Å². The van der Waals surface area contributed by atoms with Crippen molar-refractivity contribution in [2.45, 2.75) is 110 Å². The molecule has 4 fully saturated rings. The molecule has 0 spiro atoms. The number of hydrogen-bond donors (Lipinski definition) is 3. The van der Waals surface area contributed by atoms with Crippen molar-refractivity contribution in [3.8, 4) is 0 Å². The van der Waals surface area contributed by atoms with Crippen LogP contribution in [-0.4, -0.2) is 59.4 Å². The zero-order valence-corrected chi connectivity index (χ0v) is 22.5. The van der Waals surface area contributed by atoms with Gasteiger partial charge in [0.2, 0.25) is 0 Å². The number of carbonyl (C=O) groups is 1. The van der Waals surface area contributed by atoms with Gasteiger partial charge in [0.25, 0.3) is 0 Å². The van der Waals surface area contributed by atoms with Crippen LogP contribution in [0.5, 0.6) is 0 Å². The number of aliphatic hydroxyl groups is 3. The third kappa shape index (κ3) is 5.06. The predicted octanol–water partition coefficient (Wildman–Crippen LogP) is 4.33. The average Bonchev–Trinajstić information content (AvgIpc) is 3.17. The third-order valence-corrected chi connectivity index (χ3v) is 11.2. The van der Waals surface area contributed by atoms with Crippen LogP contribution in [0.15, 0.2) is 0 Å². The first-order valence-electron chi connectivity index (χ1n) is 14.4. The summed E-state index contributed by atoms with van der Waals surface area (Å²) in [5.41, 5.74) is -0.128. The van der Waals surface area contributed by atoms with Crippen molar-refractivity contribution in [1.29, 1.82) is 0 Å². The van der Waals surface area contributed by atoms with Crippen LogP contribution in [0.2, 0.25) is 0 Å². The van der Waals surface area contributed by atoms with E-state index in [1.54, 1.807) is 0 Å². The Bertz CT molecular complexity index is 728. The number of carbonyl (C=O) groups excluding carboxylic acids is 1. The normalized spacial score (nSPS) is 45.8. The lowest BCUT2D eigenvalue weighted by atomic mass is 9.43. The van der Waals surface area contributed by atoms with Gasteiger partial charge in [0, 0.05) is 13.0 Å². The van der Waals surface area contributed by atoms with Gasteiger partial charge in [-0.25, -0.2) is 0 Å². The maximum atomic E-state index is 12.3. The molecular weight excluding hydrogens is 444 g/mol. The largest absolute Gasteiger partial charge is 0.463 e. The zero-order chi connectivity index (χ0) is 25.4.